The lowest BCUT2D eigenvalue weighted by Gasteiger charge is -2.05. The van der Waals surface area contributed by atoms with Crippen molar-refractivity contribution >= 4 is 27.8 Å². The predicted octanol–water partition coefficient (Wildman–Crippen LogP) is 0.568. The molecule has 1 rings (SSSR count). The smallest absolute Gasteiger partial charge is 0.304 e. The van der Waals surface area contributed by atoms with Gasteiger partial charge in [0.15, 0.2) is 0 Å². The van der Waals surface area contributed by atoms with Gasteiger partial charge < -0.3 is 5.11 Å². The fraction of sp³-hybridized carbons (Fsp3) is 0.400. The summed E-state index contributed by atoms with van der Waals surface area (Å²) in [5.41, 5.74) is 0. The molecule has 1 heterocycles. The summed E-state index contributed by atoms with van der Waals surface area (Å²) in [5, 5.41) is 8.42. The molecule has 0 aliphatic rings. The Morgan fingerprint density at radius 2 is 2.22 bits per heavy atom. The van der Waals surface area contributed by atoms with E-state index in [1.807, 2.05) is 0 Å². The molecule has 6 nitrogen and oxygen atoms in total. The van der Waals surface area contributed by atoms with Crippen LogP contribution in [0, 0.1) is 0 Å². The van der Waals surface area contributed by atoms with E-state index in [4.69, 9.17) is 5.11 Å². The number of aromatic nitrogens is 1. The summed E-state index contributed by atoms with van der Waals surface area (Å²) >= 11 is 1.39. The zero-order valence-electron chi connectivity index (χ0n) is 9.57. The van der Waals surface area contributed by atoms with Crippen molar-refractivity contribution in [2.45, 2.75) is 11.3 Å². The van der Waals surface area contributed by atoms with Crippen molar-refractivity contribution in [3.8, 4) is 0 Å². The highest BCUT2D eigenvalue weighted by atomic mass is 32.2. The summed E-state index contributed by atoms with van der Waals surface area (Å²) in [7, 11) is -3.51. The first-order valence-electron chi connectivity index (χ1n) is 5.21. The number of pyridine rings is 1. The first-order valence-corrected chi connectivity index (χ1v) is 7.85. The van der Waals surface area contributed by atoms with E-state index in [1.54, 1.807) is 6.07 Å². The molecule has 0 fully saturated rings. The van der Waals surface area contributed by atoms with Crippen molar-refractivity contribution in [3.05, 3.63) is 24.5 Å². The molecule has 0 aliphatic carbocycles. The molecule has 1 aromatic rings. The second-order valence-electron chi connectivity index (χ2n) is 3.34. The van der Waals surface area contributed by atoms with E-state index >= 15 is 0 Å². The number of sulfonamides is 1. The number of hydrogen-bond acceptors (Lipinski definition) is 5. The molecule has 8 heteroatoms. The number of nitrogens with zero attached hydrogens (tertiary/aromatic N) is 1. The van der Waals surface area contributed by atoms with Crippen LogP contribution in [0.3, 0.4) is 0 Å². The van der Waals surface area contributed by atoms with Crippen molar-refractivity contribution in [2.75, 3.05) is 18.1 Å². The third kappa shape index (κ3) is 5.48. The monoisotopic (exact) mass is 290 g/mol. The maximum Gasteiger partial charge on any atom is 0.304 e. The van der Waals surface area contributed by atoms with Gasteiger partial charge in [-0.25, -0.2) is 13.1 Å². The van der Waals surface area contributed by atoms with Crippen LogP contribution in [0.5, 0.6) is 0 Å². The quantitative estimate of drug-likeness (QED) is 0.679. The third-order valence-corrected chi connectivity index (χ3v) is 4.38. The van der Waals surface area contributed by atoms with Crippen molar-refractivity contribution < 1.29 is 18.3 Å². The third-order valence-electron chi connectivity index (χ3n) is 1.94. The molecule has 0 aromatic carbocycles. The van der Waals surface area contributed by atoms with Crippen LogP contribution in [0.25, 0.3) is 0 Å². The van der Waals surface area contributed by atoms with E-state index in [-0.39, 0.29) is 17.9 Å². The highest BCUT2D eigenvalue weighted by molar-refractivity contribution is 7.99. The summed E-state index contributed by atoms with van der Waals surface area (Å²) in [5.74, 6) is 0.162. The Labute approximate surface area is 110 Å². The molecular formula is C10H14N2O4S2. The van der Waals surface area contributed by atoms with Gasteiger partial charge in [0.2, 0.25) is 10.0 Å². The molecule has 0 unspecified atom stereocenters. The number of rotatable bonds is 8. The van der Waals surface area contributed by atoms with Gasteiger partial charge in [-0.3, -0.25) is 9.78 Å². The van der Waals surface area contributed by atoms with Gasteiger partial charge in [0.05, 0.1) is 6.42 Å². The molecule has 18 heavy (non-hydrogen) atoms. The molecule has 2 N–H and O–H groups in total. The largest absolute Gasteiger partial charge is 0.481 e. The van der Waals surface area contributed by atoms with E-state index in [2.05, 4.69) is 9.71 Å². The molecule has 0 atom stereocenters. The van der Waals surface area contributed by atoms with E-state index in [1.165, 1.54) is 30.2 Å². The molecule has 0 saturated heterocycles. The standard InChI is InChI=1S/C10H14N2O4S2/c13-10(14)3-6-17-7-5-12-18(15,16)9-2-1-4-11-8-9/h1-2,4,8,12H,3,5-7H2,(H,13,14). The number of thioether (sulfide) groups is 1. The number of nitrogens with one attached hydrogen (secondary N) is 1. The molecule has 0 bridgehead atoms. The van der Waals surface area contributed by atoms with Crippen molar-refractivity contribution in [3.63, 3.8) is 0 Å². The Bertz CT molecular complexity index is 476. The van der Waals surface area contributed by atoms with Gasteiger partial charge in [0.25, 0.3) is 0 Å². The molecule has 0 radical (unpaired) electrons. The SMILES string of the molecule is O=C(O)CCSCCNS(=O)(=O)c1cccnc1. The van der Waals surface area contributed by atoms with Gasteiger partial charge in [-0.05, 0) is 12.1 Å². The fourth-order valence-electron chi connectivity index (χ4n) is 1.10. The molecular weight excluding hydrogens is 276 g/mol. The van der Waals surface area contributed by atoms with Gasteiger partial charge in [-0.1, -0.05) is 0 Å². The second-order valence-corrected chi connectivity index (χ2v) is 6.33. The van der Waals surface area contributed by atoms with E-state index in [9.17, 15) is 13.2 Å². The number of carbonyl (C=O) groups is 1. The lowest BCUT2D eigenvalue weighted by Crippen LogP contribution is -2.26. The first kappa shape index (κ1) is 14.9. The number of carboxylic acids is 1. The molecule has 100 valence electrons. The number of hydrogen-bond donors (Lipinski definition) is 2. The Morgan fingerprint density at radius 1 is 1.44 bits per heavy atom. The zero-order valence-corrected chi connectivity index (χ0v) is 11.2. The minimum absolute atomic E-state index is 0.0834. The maximum absolute atomic E-state index is 11.7. The van der Waals surface area contributed by atoms with Crippen LogP contribution in [0.2, 0.25) is 0 Å². The summed E-state index contributed by atoms with van der Waals surface area (Å²) in [4.78, 5) is 14.1. The van der Waals surface area contributed by atoms with Crippen LogP contribution < -0.4 is 4.72 Å². The van der Waals surface area contributed by atoms with Gasteiger partial charge in [0, 0.05) is 30.4 Å². The molecule has 0 saturated carbocycles. The van der Waals surface area contributed by atoms with Gasteiger partial charge in [-0.15, -0.1) is 0 Å². The summed E-state index contributed by atoms with van der Waals surface area (Å²) in [6, 6.07) is 3.02. The Hall–Kier alpha value is -1.12. The Balaban J connectivity index is 2.29. The minimum Gasteiger partial charge on any atom is -0.481 e. The maximum atomic E-state index is 11.7. The molecule has 1 aromatic heterocycles. The van der Waals surface area contributed by atoms with E-state index in [0.29, 0.717) is 11.5 Å². The molecule has 0 aliphatic heterocycles. The van der Waals surface area contributed by atoms with Crippen molar-refractivity contribution in [1.82, 2.24) is 9.71 Å². The average Bonchev–Trinajstić information content (AvgIpc) is 2.34. The lowest BCUT2D eigenvalue weighted by atomic mass is 10.5. The minimum atomic E-state index is -3.51. The van der Waals surface area contributed by atoms with E-state index in [0.717, 1.165) is 0 Å². The van der Waals surface area contributed by atoms with E-state index < -0.39 is 16.0 Å². The van der Waals surface area contributed by atoms with Crippen molar-refractivity contribution in [1.29, 1.82) is 0 Å². The van der Waals surface area contributed by atoms with Crippen LogP contribution in [-0.4, -0.2) is 42.5 Å². The second kappa shape index (κ2) is 7.34. The highest BCUT2D eigenvalue weighted by Crippen LogP contribution is 2.06. The van der Waals surface area contributed by atoms with Gasteiger partial charge in [0.1, 0.15) is 4.90 Å². The van der Waals surface area contributed by atoms with Crippen LogP contribution in [0.4, 0.5) is 0 Å². The van der Waals surface area contributed by atoms with Crippen molar-refractivity contribution in [2.24, 2.45) is 0 Å². The number of aliphatic carboxylic acids is 1. The van der Waals surface area contributed by atoms with Crippen LogP contribution in [0.15, 0.2) is 29.4 Å². The number of carboxylic acid groups (broad SMARTS) is 1. The summed E-state index contributed by atoms with van der Waals surface area (Å²) in [6.45, 7) is 0.265. The zero-order chi connectivity index (χ0) is 13.4. The Morgan fingerprint density at radius 3 is 2.83 bits per heavy atom. The van der Waals surface area contributed by atoms with Crippen LogP contribution >= 0.6 is 11.8 Å². The topological polar surface area (TPSA) is 96.4 Å². The van der Waals surface area contributed by atoms with Crippen LogP contribution in [-0.2, 0) is 14.8 Å². The van der Waals surface area contributed by atoms with Gasteiger partial charge in [-0.2, -0.15) is 11.8 Å². The summed E-state index contributed by atoms with van der Waals surface area (Å²) in [6.07, 6.45) is 2.86. The highest BCUT2D eigenvalue weighted by Gasteiger charge is 2.12. The lowest BCUT2D eigenvalue weighted by molar-refractivity contribution is -0.136. The van der Waals surface area contributed by atoms with Gasteiger partial charge >= 0.3 is 5.97 Å². The normalized spacial score (nSPS) is 11.3. The fourth-order valence-corrected chi connectivity index (χ4v) is 2.99. The Kier molecular flexibility index (Phi) is 6.10. The average molecular weight is 290 g/mol. The molecule has 0 amide bonds. The predicted molar refractivity (Wildman–Crippen MR) is 69.0 cm³/mol. The first-order chi connectivity index (χ1) is 8.52. The summed E-state index contributed by atoms with van der Waals surface area (Å²) < 4.78 is 25.9. The molecule has 0 spiro atoms. The van der Waals surface area contributed by atoms with Crippen LogP contribution in [0.1, 0.15) is 6.42 Å².